The number of likely N-dealkylation sites (tertiary alicyclic amines) is 1. The predicted octanol–water partition coefficient (Wildman–Crippen LogP) is 3.90. The van der Waals surface area contributed by atoms with Gasteiger partial charge in [0, 0.05) is 60.8 Å². The van der Waals surface area contributed by atoms with E-state index < -0.39 is 5.82 Å². The molecule has 1 aliphatic heterocycles. The van der Waals surface area contributed by atoms with E-state index >= 15 is 0 Å². The van der Waals surface area contributed by atoms with Crippen molar-refractivity contribution in [2.45, 2.75) is 19.4 Å². The second-order valence-electron chi connectivity index (χ2n) is 9.18. The van der Waals surface area contributed by atoms with Crippen LogP contribution < -0.4 is 5.56 Å². The van der Waals surface area contributed by atoms with Crippen LogP contribution in [0.3, 0.4) is 0 Å². The van der Waals surface area contributed by atoms with Crippen molar-refractivity contribution in [2.75, 3.05) is 13.1 Å². The number of hydrogen-bond donors (Lipinski definition) is 2. The van der Waals surface area contributed by atoms with Crippen molar-refractivity contribution in [3.8, 4) is 28.1 Å². The van der Waals surface area contributed by atoms with Gasteiger partial charge in [0.1, 0.15) is 5.75 Å². The number of rotatable bonds is 5. The maximum atomic E-state index is 14.5. The molecule has 1 fully saturated rings. The molecule has 0 amide bonds. The van der Waals surface area contributed by atoms with Crippen LogP contribution in [0.5, 0.6) is 5.75 Å². The summed E-state index contributed by atoms with van der Waals surface area (Å²) in [5.41, 5.74) is 5.00. The standard InChI is InChI=1S/C27H23FN6O2/c1-16-11-34-15-19(9-22(28)26(34)30-16)17-4-5-21(25(35)10-17)24-7-6-23(31-32-24)20-13-33(14-20)12-18-3-2-8-29-27(18)36/h2-11,15,20,35H,12-14H2,1H3,(H,29,36). The fourth-order valence-electron chi connectivity index (χ4n) is 4.68. The second kappa shape index (κ2) is 8.69. The van der Waals surface area contributed by atoms with Crippen molar-refractivity contribution in [1.29, 1.82) is 0 Å². The van der Waals surface area contributed by atoms with Gasteiger partial charge in [0.25, 0.3) is 5.56 Å². The largest absolute Gasteiger partial charge is 0.507 e. The Morgan fingerprint density at radius 2 is 1.94 bits per heavy atom. The first-order valence-electron chi connectivity index (χ1n) is 11.7. The number of nitrogens with zero attached hydrogens (tertiary/aromatic N) is 5. The van der Waals surface area contributed by atoms with E-state index in [1.54, 1.807) is 35.1 Å². The van der Waals surface area contributed by atoms with Gasteiger partial charge in [-0.3, -0.25) is 9.69 Å². The third kappa shape index (κ3) is 4.03. The number of nitrogens with one attached hydrogen (secondary N) is 1. The highest BCUT2D eigenvalue weighted by Crippen LogP contribution is 2.34. The quantitative estimate of drug-likeness (QED) is 0.394. The molecule has 36 heavy (non-hydrogen) atoms. The molecule has 4 aromatic heterocycles. The van der Waals surface area contributed by atoms with Crippen molar-refractivity contribution in [2.24, 2.45) is 0 Å². The van der Waals surface area contributed by atoms with Crippen LogP contribution in [-0.2, 0) is 6.54 Å². The van der Waals surface area contributed by atoms with E-state index in [4.69, 9.17) is 0 Å². The molecule has 9 heteroatoms. The Bertz CT molecular complexity index is 1640. The highest BCUT2D eigenvalue weighted by molar-refractivity contribution is 5.74. The minimum absolute atomic E-state index is 0.0415. The number of benzene rings is 1. The second-order valence-corrected chi connectivity index (χ2v) is 9.18. The Kier molecular flexibility index (Phi) is 5.34. The van der Waals surface area contributed by atoms with E-state index in [1.807, 2.05) is 37.3 Å². The van der Waals surface area contributed by atoms with Crippen molar-refractivity contribution >= 4 is 5.65 Å². The Labute approximate surface area is 205 Å². The molecule has 180 valence electrons. The number of H-pyrrole nitrogens is 1. The maximum Gasteiger partial charge on any atom is 0.252 e. The predicted molar refractivity (Wildman–Crippen MR) is 133 cm³/mol. The van der Waals surface area contributed by atoms with Gasteiger partial charge in [-0.15, -0.1) is 0 Å². The normalized spacial score (nSPS) is 14.3. The highest BCUT2D eigenvalue weighted by Gasteiger charge is 2.29. The molecule has 0 bridgehead atoms. The van der Waals surface area contributed by atoms with Gasteiger partial charge in [0.05, 0.1) is 17.1 Å². The summed E-state index contributed by atoms with van der Waals surface area (Å²) in [5, 5.41) is 19.4. The van der Waals surface area contributed by atoms with Crippen LogP contribution in [0.1, 0.15) is 22.9 Å². The number of aryl methyl sites for hydroxylation is 1. The van der Waals surface area contributed by atoms with Crippen molar-refractivity contribution < 1.29 is 9.50 Å². The molecular formula is C27H23FN6O2. The van der Waals surface area contributed by atoms with Crippen molar-refractivity contribution in [3.63, 3.8) is 0 Å². The van der Waals surface area contributed by atoms with Crippen LogP contribution >= 0.6 is 0 Å². The van der Waals surface area contributed by atoms with E-state index in [0.29, 0.717) is 28.9 Å². The smallest absolute Gasteiger partial charge is 0.252 e. The number of halogens is 1. The average molecular weight is 483 g/mol. The van der Waals surface area contributed by atoms with Crippen LogP contribution in [0.4, 0.5) is 4.39 Å². The van der Waals surface area contributed by atoms with Gasteiger partial charge >= 0.3 is 0 Å². The molecule has 0 saturated carbocycles. The number of fused-ring (bicyclic) bond motifs is 1. The lowest BCUT2D eigenvalue weighted by Gasteiger charge is -2.38. The van der Waals surface area contributed by atoms with Gasteiger partial charge in [-0.1, -0.05) is 12.1 Å². The van der Waals surface area contributed by atoms with Crippen LogP contribution in [0.25, 0.3) is 28.0 Å². The topological polar surface area (TPSA) is 99.4 Å². The van der Waals surface area contributed by atoms with Gasteiger partial charge in [-0.25, -0.2) is 9.37 Å². The Balaban J connectivity index is 1.17. The zero-order valence-electron chi connectivity index (χ0n) is 19.5. The van der Waals surface area contributed by atoms with Crippen LogP contribution in [0, 0.1) is 12.7 Å². The van der Waals surface area contributed by atoms with E-state index in [9.17, 15) is 14.3 Å². The average Bonchev–Trinajstić information content (AvgIpc) is 3.23. The molecule has 2 N–H and O–H groups in total. The molecule has 0 spiro atoms. The third-order valence-electron chi connectivity index (χ3n) is 6.59. The molecule has 0 unspecified atom stereocenters. The number of phenols is 1. The molecule has 0 aliphatic carbocycles. The van der Waals surface area contributed by atoms with Crippen LogP contribution in [-0.4, -0.2) is 47.7 Å². The molecule has 0 atom stereocenters. The monoisotopic (exact) mass is 482 g/mol. The van der Waals surface area contributed by atoms with Gasteiger partial charge < -0.3 is 14.5 Å². The molecule has 5 heterocycles. The summed E-state index contributed by atoms with van der Waals surface area (Å²) >= 11 is 0. The number of hydrogen-bond acceptors (Lipinski definition) is 6. The molecule has 0 radical (unpaired) electrons. The molecule has 8 nitrogen and oxygen atoms in total. The van der Waals surface area contributed by atoms with Gasteiger partial charge in [0.15, 0.2) is 11.5 Å². The van der Waals surface area contributed by atoms with Gasteiger partial charge in [-0.2, -0.15) is 10.2 Å². The first-order valence-corrected chi connectivity index (χ1v) is 11.7. The number of aromatic hydroxyl groups is 1. The lowest BCUT2D eigenvalue weighted by molar-refractivity contribution is 0.136. The van der Waals surface area contributed by atoms with Gasteiger partial charge in [0.2, 0.25) is 0 Å². The Morgan fingerprint density at radius 1 is 1.08 bits per heavy atom. The van der Waals surface area contributed by atoms with Crippen molar-refractivity contribution in [3.05, 3.63) is 100 Å². The fraction of sp³-hybridized carbons (Fsp3) is 0.185. The maximum absolute atomic E-state index is 14.5. The summed E-state index contributed by atoms with van der Waals surface area (Å²) in [7, 11) is 0. The first kappa shape index (κ1) is 22.1. The molecule has 6 rings (SSSR count). The minimum atomic E-state index is -0.421. The third-order valence-corrected chi connectivity index (χ3v) is 6.59. The van der Waals surface area contributed by atoms with Crippen LogP contribution in [0.15, 0.2) is 71.9 Å². The molecule has 1 saturated heterocycles. The number of pyridine rings is 2. The summed E-state index contributed by atoms with van der Waals surface area (Å²) in [4.78, 5) is 20.9. The van der Waals surface area contributed by atoms with E-state index in [1.165, 1.54) is 6.07 Å². The molecule has 1 aromatic carbocycles. The first-order chi connectivity index (χ1) is 17.4. The zero-order chi connectivity index (χ0) is 24.8. The van der Waals surface area contributed by atoms with E-state index in [0.717, 1.165) is 30.0 Å². The van der Waals surface area contributed by atoms with E-state index in [2.05, 4.69) is 25.1 Å². The fourth-order valence-corrected chi connectivity index (χ4v) is 4.68. The summed E-state index contributed by atoms with van der Waals surface area (Å²) in [6.07, 6.45) is 5.18. The Hall–Kier alpha value is -4.37. The number of imidazole rings is 1. The number of aromatic nitrogens is 5. The van der Waals surface area contributed by atoms with Gasteiger partial charge in [-0.05, 0) is 48.9 Å². The molecule has 5 aromatic rings. The summed E-state index contributed by atoms with van der Waals surface area (Å²) in [6.45, 7) is 4.03. The summed E-state index contributed by atoms with van der Waals surface area (Å²) in [5.74, 6) is -0.127. The summed E-state index contributed by atoms with van der Waals surface area (Å²) < 4.78 is 16.1. The zero-order valence-corrected chi connectivity index (χ0v) is 19.5. The minimum Gasteiger partial charge on any atom is -0.507 e. The van der Waals surface area contributed by atoms with Crippen molar-refractivity contribution in [1.82, 2.24) is 29.5 Å². The van der Waals surface area contributed by atoms with Crippen LogP contribution in [0.2, 0.25) is 0 Å². The molecule has 1 aliphatic rings. The summed E-state index contributed by atoms with van der Waals surface area (Å²) in [6, 6.07) is 14.1. The lowest BCUT2D eigenvalue weighted by atomic mass is 9.95. The van der Waals surface area contributed by atoms with E-state index in [-0.39, 0.29) is 22.9 Å². The number of aromatic amines is 1. The Morgan fingerprint density at radius 3 is 2.69 bits per heavy atom. The highest BCUT2D eigenvalue weighted by atomic mass is 19.1. The SMILES string of the molecule is Cc1cn2cc(-c3ccc(-c4ccc(C5CN(Cc6ccc[nH]c6=O)C5)nn4)c(O)c3)cc(F)c2n1. The number of phenolic OH excluding ortho intramolecular Hbond substituents is 1. The molecular weight excluding hydrogens is 459 g/mol. The lowest BCUT2D eigenvalue weighted by Crippen LogP contribution is -2.45.